The Morgan fingerprint density at radius 1 is 1.27 bits per heavy atom. The van der Waals surface area contributed by atoms with Crippen LogP contribution in [-0.2, 0) is 27.9 Å². The monoisotopic (exact) mass is 433 g/mol. The molecule has 162 valence electrons. The van der Waals surface area contributed by atoms with Crippen LogP contribution in [0.3, 0.4) is 0 Å². The highest BCUT2D eigenvalue weighted by molar-refractivity contribution is 7.89. The summed E-state index contributed by atoms with van der Waals surface area (Å²) in [5.41, 5.74) is 7.69. The average Bonchev–Trinajstić information content (AvgIpc) is 2.64. The van der Waals surface area contributed by atoms with Gasteiger partial charge in [0.05, 0.1) is 0 Å². The molecule has 0 unspecified atom stereocenters. The van der Waals surface area contributed by atoms with E-state index in [1.165, 1.54) is 10.6 Å². The number of pyridine rings is 2. The van der Waals surface area contributed by atoms with Gasteiger partial charge in [-0.3, -0.25) is 14.6 Å². The number of aryl methyl sites for hydroxylation is 3. The van der Waals surface area contributed by atoms with E-state index in [1.54, 1.807) is 6.92 Å². The minimum atomic E-state index is -3.89. The summed E-state index contributed by atoms with van der Waals surface area (Å²) in [4.78, 5) is 29.2. The molecule has 1 amide bonds. The molecule has 0 aliphatic heterocycles. The van der Waals surface area contributed by atoms with E-state index in [9.17, 15) is 18.0 Å². The van der Waals surface area contributed by atoms with Crippen molar-refractivity contribution in [3.8, 4) is 0 Å². The summed E-state index contributed by atoms with van der Waals surface area (Å²) < 4.78 is 28.9. The van der Waals surface area contributed by atoms with Gasteiger partial charge in [0.25, 0.3) is 5.56 Å². The molecule has 2 heterocycles. The van der Waals surface area contributed by atoms with E-state index in [0.717, 1.165) is 36.2 Å². The first kappa shape index (κ1) is 22.0. The summed E-state index contributed by atoms with van der Waals surface area (Å²) in [6.45, 7) is 5.34. The zero-order valence-corrected chi connectivity index (χ0v) is 18.2. The molecule has 9 nitrogen and oxygen atoms in total. The van der Waals surface area contributed by atoms with E-state index >= 15 is 0 Å². The summed E-state index contributed by atoms with van der Waals surface area (Å²) in [6, 6.07) is 4.96. The number of hydrogen-bond donors (Lipinski definition) is 3. The van der Waals surface area contributed by atoms with Gasteiger partial charge >= 0.3 is 0 Å². The predicted octanol–water partition coefficient (Wildman–Crippen LogP) is 0.898. The third-order valence-electron chi connectivity index (χ3n) is 5.34. The molecule has 3 rings (SSSR count). The zero-order chi connectivity index (χ0) is 22.1. The number of sulfonamides is 1. The fourth-order valence-electron chi connectivity index (χ4n) is 3.28. The molecule has 2 aromatic heterocycles. The minimum Gasteiger partial charge on any atom is -0.393 e. The molecule has 30 heavy (non-hydrogen) atoms. The van der Waals surface area contributed by atoms with Gasteiger partial charge in [0.15, 0.2) is 0 Å². The lowest BCUT2D eigenvalue weighted by Gasteiger charge is -2.26. The standard InChI is InChI=1S/C20H27N5O4S/c1-12-7-8-15(14(3)23-12)10-22-18(26)11-25-13(2)9-17(19(21)20(25)27)30(28,29)24-16-5-4-6-16/h7-9,16,24H,4-6,10-11,21H2,1-3H3,(H,22,26). The third kappa shape index (κ3) is 4.71. The van der Waals surface area contributed by atoms with E-state index in [-0.39, 0.29) is 35.6 Å². The second-order valence-electron chi connectivity index (χ2n) is 7.68. The van der Waals surface area contributed by atoms with Crippen LogP contribution in [0, 0.1) is 20.8 Å². The fraction of sp³-hybridized carbons (Fsp3) is 0.450. The number of nitrogens with two attached hydrogens (primary N) is 1. The maximum Gasteiger partial charge on any atom is 0.275 e. The number of amides is 1. The quantitative estimate of drug-likeness (QED) is 0.593. The molecule has 1 aliphatic carbocycles. The highest BCUT2D eigenvalue weighted by atomic mass is 32.2. The number of carbonyl (C=O) groups is 1. The number of nitrogens with zero attached hydrogens (tertiary/aromatic N) is 2. The Hall–Kier alpha value is -2.72. The molecule has 4 N–H and O–H groups in total. The summed E-state index contributed by atoms with van der Waals surface area (Å²) in [7, 11) is -3.89. The number of anilines is 1. The third-order valence-corrected chi connectivity index (χ3v) is 6.90. The van der Waals surface area contributed by atoms with Crippen molar-refractivity contribution in [2.24, 2.45) is 0 Å². The molecule has 0 bridgehead atoms. The number of carbonyl (C=O) groups excluding carboxylic acids is 1. The van der Waals surface area contributed by atoms with Crippen molar-refractivity contribution in [2.45, 2.75) is 64.1 Å². The van der Waals surface area contributed by atoms with Crippen molar-refractivity contribution < 1.29 is 13.2 Å². The van der Waals surface area contributed by atoms with Crippen LogP contribution in [0.1, 0.15) is 41.9 Å². The number of rotatable bonds is 7. The molecule has 0 atom stereocenters. The van der Waals surface area contributed by atoms with Crippen molar-refractivity contribution in [1.82, 2.24) is 19.6 Å². The lowest BCUT2D eigenvalue weighted by atomic mass is 9.94. The first-order valence-electron chi connectivity index (χ1n) is 9.80. The minimum absolute atomic E-state index is 0.123. The van der Waals surface area contributed by atoms with Crippen molar-refractivity contribution in [3.05, 3.63) is 51.2 Å². The lowest BCUT2D eigenvalue weighted by Crippen LogP contribution is -2.41. The van der Waals surface area contributed by atoms with Gasteiger partial charge in [0, 0.05) is 29.7 Å². The molecule has 10 heteroatoms. The van der Waals surface area contributed by atoms with Crippen LogP contribution in [0.25, 0.3) is 0 Å². The Morgan fingerprint density at radius 2 is 1.97 bits per heavy atom. The number of aromatic nitrogens is 2. The van der Waals surface area contributed by atoms with Crippen LogP contribution in [0.5, 0.6) is 0 Å². The van der Waals surface area contributed by atoms with Gasteiger partial charge in [-0.15, -0.1) is 0 Å². The molecule has 0 radical (unpaired) electrons. The fourth-order valence-corrected chi connectivity index (χ4v) is 4.78. The Kier molecular flexibility index (Phi) is 6.27. The number of nitrogens with one attached hydrogen (secondary N) is 2. The van der Waals surface area contributed by atoms with Gasteiger partial charge in [-0.1, -0.05) is 12.5 Å². The van der Waals surface area contributed by atoms with Crippen molar-refractivity contribution in [3.63, 3.8) is 0 Å². The van der Waals surface area contributed by atoms with Gasteiger partial charge in [0.1, 0.15) is 17.1 Å². The highest BCUT2D eigenvalue weighted by Gasteiger charge is 2.28. The van der Waals surface area contributed by atoms with E-state index in [0.29, 0.717) is 5.69 Å². The predicted molar refractivity (Wildman–Crippen MR) is 113 cm³/mol. The molecule has 1 saturated carbocycles. The van der Waals surface area contributed by atoms with Gasteiger partial charge in [-0.2, -0.15) is 0 Å². The second kappa shape index (κ2) is 8.57. The van der Waals surface area contributed by atoms with E-state index in [1.807, 2.05) is 26.0 Å². The van der Waals surface area contributed by atoms with E-state index in [4.69, 9.17) is 5.73 Å². The average molecular weight is 434 g/mol. The maximum atomic E-state index is 12.7. The smallest absolute Gasteiger partial charge is 0.275 e. The number of nitrogen functional groups attached to an aromatic ring is 1. The van der Waals surface area contributed by atoms with E-state index < -0.39 is 15.6 Å². The van der Waals surface area contributed by atoms with Crippen molar-refractivity contribution in [2.75, 3.05) is 5.73 Å². The van der Waals surface area contributed by atoms with E-state index in [2.05, 4.69) is 15.0 Å². The van der Waals surface area contributed by atoms with Crippen molar-refractivity contribution in [1.29, 1.82) is 0 Å². The van der Waals surface area contributed by atoms with Crippen LogP contribution in [-0.4, -0.2) is 29.9 Å². The Bertz CT molecular complexity index is 1140. The van der Waals surface area contributed by atoms with Crippen molar-refractivity contribution >= 4 is 21.6 Å². The van der Waals surface area contributed by atoms with Crippen LogP contribution in [0.2, 0.25) is 0 Å². The highest BCUT2D eigenvalue weighted by Crippen LogP contribution is 2.23. The maximum absolute atomic E-state index is 12.7. The summed E-state index contributed by atoms with van der Waals surface area (Å²) in [6.07, 6.45) is 2.51. The molecule has 1 fully saturated rings. The molecule has 2 aromatic rings. The first-order valence-corrected chi connectivity index (χ1v) is 11.3. The van der Waals surface area contributed by atoms with Gasteiger partial charge in [-0.05, 0) is 51.3 Å². The molecule has 0 saturated heterocycles. The van der Waals surface area contributed by atoms with Crippen LogP contribution >= 0.6 is 0 Å². The van der Waals surface area contributed by atoms with Gasteiger partial charge in [0.2, 0.25) is 15.9 Å². The zero-order valence-electron chi connectivity index (χ0n) is 17.4. The van der Waals surface area contributed by atoms with Crippen LogP contribution in [0.15, 0.2) is 27.9 Å². The Labute approximate surface area is 175 Å². The molecule has 0 spiro atoms. The lowest BCUT2D eigenvalue weighted by molar-refractivity contribution is -0.121. The summed E-state index contributed by atoms with van der Waals surface area (Å²) in [5, 5.41) is 2.76. The normalized spacial score (nSPS) is 14.4. The van der Waals surface area contributed by atoms with Gasteiger partial charge in [-0.25, -0.2) is 13.1 Å². The molecule has 1 aliphatic rings. The topological polar surface area (TPSA) is 136 Å². The van der Waals surface area contributed by atoms with Crippen LogP contribution in [0.4, 0.5) is 5.69 Å². The summed E-state index contributed by atoms with van der Waals surface area (Å²) >= 11 is 0. The largest absolute Gasteiger partial charge is 0.393 e. The van der Waals surface area contributed by atoms with Gasteiger partial charge < -0.3 is 15.6 Å². The molecular weight excluding hydrogens is 406 g/mol. The Morgan fingerprint density at radius 3 is 2.57 bits per heavy atom. The Balaban J connectivity index is 1.75. The SMILES string of the molecule is Cc1ccc(CNC(=O)Cn2c(C)cc(S(=O)(=O)NC3CCC3)c(N)c2=O)c(C)n1. The molecule has 0 aromatic carbocycles. The van der Waals surface area contributed by atoms with Crippen LogP contribution < -0.4 is 21.3 Å². The second-order valence-corrected chi connectivity index (χ2v) is 9.36. The summed E-state index contributed by atoms with van der Waals surface area (Å²) in [5.74, 6) is -0.386. The first-order chi connectivity index (χ1) is 14.1. The molecular formula is C20H27N5O4S. The number of hydrogen-bond acceptors (Lipinski definition) is 6.